The molecule has 0 amide bonds. The van der Waals surface area contributed by atoms with Crippen molar-refractivity contribution >= 4 is 11.5 Å². The Morgan fingerprint density at radius 1 is 1.50 bits per heavy atom. The summed E-state index contributed by atoms with van der Waals surface area (Å²) in [5.74, 6) is 1.54. The van der Waals surface area contributed by atoms with Crippen LogP contribution in [-0.4, -0.2) is 32.2 Å². The quantitative estimate of drug-likeness (QED) is 0.741. The summed E-state index contributed by atoms with van der Waals surface area (Å²) < 4.78 is 1.87. The predicted molar refractivity (Wildman–Crippen MR) is 59.9 cm³/mol. The highest BCUT2D eigenvalue weighted by molar-refractivity contribution is 5.39. The van der Waals surface area contributed by atoms with Crippen molar-refractivity contribution in [2.75, 3.05) is 12.3 Å². The number of rotatable bonds is 2. The third-order valence-electron chi connectivity index (χ3n) is 2.95. The first-order valence-corrected chi connectivity index (χ1v) is 5.51. The lowest BCUT2D eigenvalue weighted by molar-refractivity contribution is 0.582. The van der Waals surface area contributed by atoms with Crippen LogP contribution in [0.5, 0.6) is 0 Å². The summed E-state index contributed by atoms with van der Waals surface area (Å²) in [6, 6.07) is 0.508. The highest BCUT2D eigenvalue weighted by Gasteiger charge is 2.17. The Labute approximate surface area is 92.9 Å². The van der Waals surface area contributed by atoms with E-state index in [1.165, 1.54) is 12.8 Å². The van der Waals surface area contributed by atoms with E-state index in [9.17, 15) is 0 Å². The molecule has 0 radical (unpaired) electrons. The number of hydrogen-bond donors (Lipinski definition) is 2. The molecule has 3 N–H and O–H groups in total. The van der Waals surface area contributed by atoms with E-state index in [1.807, 2.05) is 10.6 Å². The zero-order valence-corrected chi connectivity index (χ0v) is 8.93. The van der Waals surface area contributed by atoms with Gasteiger partial charge in [-0.05, 0) is 19.4 Å². The van der Waals surface area contributed by atoms with Crippen LogP contribution < -0.4 is 11.1 Å². The summed E-state index contributed by atoms with van der Waals surface area (Å²) in [7, 11) is 0. The van der Waals surface area contributed by atoms with Crippen molar-refractivity contribution < 1.29 is 0 Å². The van der Waals surface area contributed by atoms with Gasteiger partial charge in [0.25, 0.3) is 5.78 Å². The number of nitrogens with two attached hydrogens (primary N) is 1. The summed E-state index contributed by atoms with van der Waals surface area (Å²) in [6.45, 7) is 1.10. The number of nitrogen functional groups attached to an aromatic ring is 1. The Morgan fingerprint density at radius 2 is 2.44 bits per heavy atom. The Bertz CT molecular complexity index is 499. The molecule has 0 aliphatic carbocycles. The summed E-state index contributed by atoms with van der Waals surface area (Å²) in [6.07, 6.45) is 6.74. The van der Waals surface area contributed by atoms with Crippen LogP contribution in [0.3, 0.4) is 0 Å². The normalized spacial score (nSPS) is 20.6. The topological polar surface area (TPSA) is 81.1 Å². The number of nitrogens with zero attached hydrogens (tertiary/aromatic N) is 4. The molecule has 84 valence electrons. The average Bonchev–Trinajstić information content (AvgIpc) is 2.90. The van der Waals surface area contributed by atoms with Gasteiger partial charge in [0.05, 0.1) is 11.9 Å². The molecular weight excluding hydrogens is 204 g/mol. The number of fused-ring (bicyclic) bond motifs is 1. The van der Waals surface area contributed by atoms with Crippen LogP contribution in [0.4, 0.5) is 5.69 Å². The first-order valence-electron chi connectivity index (χ1n) is 5.51. The van der Waals surface area contributed by atoms with E-state index in [2.05, 4.69) is 20.5 Å². The first kappa shape index (κ1) is 9.53. The molecular formula is C10H14N6. The second kappa shape index (κ2) is 3.71. The minimum atomic E-state index is 0.508. The fourth-order valence-electron chi connectivity index (χ4n) is 2.14. The Kier molecular flexibility index (Phi) is 2.21. The van der Waals surface area contributed by atoms with Crippen molar-refractivity contribution in [3.63, 3.8) is 0 Å². The van der Waals surface area contributed by atoms with Crippen LogP contribution in [-0.2, 0) is 6.42 Å². The van der Waals surface area contributed by atoms with E-state index in [0.717, 1.165) is 18.8 Å². The van der Waals surface area contributed by atoms with E-state index in [0.29, 0.717) is 17.5 Å². The monoisotopic (exact) mass is 218 g/mol. The van der Waals surface area contributed by atoms with Crippen LogP contribution >= 0.6 is 0 Å². The average molecular weight is 218 g/mol. The smallest absolute Gasteiger partial charge is 0.255 e. The predicted octanol–water partition coefficient (Wildman–Crippen LogP) is 0.001000. The number of nitrogens with one attached hydrogen (secondary N) is 1. The molecule has 16 heavy (non-hydrogen) atoms. The second-order valence-corrected chi connectivity index (χ2v) is 4.17. The van der Waals surface area contributed by atoms with Crippen molar-refractivity contribution in [2.24, 2.45) is 0 Å². The van der Waals surface area contributed by atoms with Gasteiger partial charge in [0.15, 0.2) is 0 Å². The molecule has 0 spiro atoms. The molecule has 1 fully saturated rings. The van der Waals surface area contributed by atoms with Gasteiger partial charge in [-0.2, -0.15) is 0 Å². The van der Waals surface area contributed by atoms with Gasteiger partial charge in [0, 0.05) is 18.7 Å². The van der Waals surface area contributed by atoms with E-state index >= 15 is 0 Å². The molecule has 1 aliphatic rings. The van der Waals surface area contributed by atoms with Gasteiger partial charge in [0.2, 0.25) is 0 Å². The van der Waals surface area contributed by atoms with Gasteiger partial charge in [-0.1, -0.05) is 0 Å². The van der Waals surface area contributed by atoms with Crippen LogP contribution in [0.15, 0.2) is 12.4 Å². The standard InChI is InChI=1S/C10H14N6/c11-7-5-13-10-15-14-9(16(10)6-7)4-8-2-1-3-12-8/h5-6,8,12H,1-4,11H2. The Hall–Kier alpha value is -1.69. The van der Waals surface area contributed by atoms with Crippen LogP contribution in [0.1, 0.15) is 18.7 Å². The summed E-state index contributed by atoms with van der Waals surface area (Å²) in [4.78, 5) is 4.12. The minimum absolute atomic E-state index is 0.508. The van der Waals surface area contributed by atoms with E-state index in [-0.39, 0.29) is 0 Å². The molecule has 2 aromatic rings. The lowest BCUT2D eigenvalue weighted by atomic mass is 10.1. The van der Waals surface area contributed by atoms with Crippen LogP contribution in [0, 0.1) is 0 Å². The zero-order valence-electron chi connectivity index (χ0n) is 8.93. The van der Waals surface area contributed by atoms with E-state index < -0.39 is 0 Å². The Balaban J connectivity index is 1.93. The molecule has 6 heteroatoms. The third-order valence-corrected chi connectivity index (χ3v) is 2.95. The molecule has 0 aromatic carbocycles. The maximum absolute atomic E-state index is 5.71. The largest absolute Gasteiger partial charge is 0.396 e. The fraction of sp³-hybridized carbons (Fsp3) is 0.500. The highest BCUT2D eigenvalue weighted by atomic mass is 15.3. The van der Waals surface area contributed by atoms with Gasteiger partial charge >= 0.3 is 0 Å². The summed E-state index contributed by atoms with van der Waals surface area (Å²) >= 11 is 0. The first-order chi connectivity index (χ1) is 7.83. The van der Waals surface area contributed by atoms with Gasteiger partial charge in [-0.3, -0.25) is 4.40 Å². The molecule has 3 heterocycles. The summed E-state index contributed by atoms with van der Waals surface area (Å²) in [5.41, 5.74) is 6.34. The molecule has 1 atom stereocenters. The summed E-state index contributed by atoms with van der Waals surface area (Å²) in [5, 5.41) is 11.6. The van der Waals surface area contributed by atoms with Crippen LogP contribution in [0.2, 0.25) is 0 Å². The molecule has 2 aromatic heterocycles. The molecule has 3 rings (SSSR count). The van der Waals surface area contributed by atoms with Gasteiger partial charge in [-0.25, -0.2) is 4.98 Å². The van der Waals surface area contributed by atoms with Crippen molar-refractivity contribution in [3.8, 4) is 0 Å². The maximum Gasteiger partial charge on any atom is 0.255 e. The Morgan fingerprint density at radius 3 is 3.25 bits per heavy atom. The minimum Gasteiger partial charge on any atom is -0.396 e. The van der Waals surface area contributed by atoms with E-state index in [4.69, 9.17) is 5.73 Å². The van der Waals surface area contributed by atoms with Crippen LogP contribution in [0.25, 0.3) is 5.78 Å². The lowest BCUT2D eigenvalue weighted by Crippen LogP contribution is -2.24. The van der Waals surface area contributed by atoms with Gasteiger partial charge in [-0.15, -0.1) is 10.2 Å². The second-order valence-electron chi connectivity index (χ2n) is 4.17. The number of hydrogen-bond acceptors (Lipinski definition) is 5. The van der Waals surface area contributed by atoms with Crippen molar-refractivity contribution in [3.05, 3.63) is 18.2 Å². The van der Waals surface area contributed by atoms with Crippen molar-refractivity contribution in [1.29, 1.82) is 0 Å². The van der Waals surface area contributed by atoms with Crippen molar-refractivity contribution in [2.45, 2.75) is 25.3 Å². The van der Waals surface area contributed by atoms with E-state index in [1.54, 1.807) is 6.20 Å². The molecule has 0 saturated carbocycles. The molecule has 6 nitrogen and oxygen atoms in total. The maximum atomic E-state index is 5.71. The SMILES string of the molecule is Nc1cnc2nnc(CC3CCCN3)n2c1. The third kappa shape index (κ3) is 1.61. The highest BCUT2D eigenvalue weighted by Crippen LogP contribution is 2.12. The zero-order chi connectivity index (χ0) is 11.0. The van der Waals surface area contributed by atoms with Gasteiger partial charge in [0.1, 0.15) is 5.82 Å². The number of anilines is 1. The van der Waals surface area contributed by atoms with Gasteiger partial charge < -0.3 is 11.1 Å². The molecule has 1 saturated heterocycles. The van der Waals surface area contributed by atoms with Crippen molar-refractivity contribution in [1.82, 2.24) is 24.9 Å². The fourth-order valence-corrected chi connectivity index (χ4v) is 2.14. The molecule has 0 bridgehead atoms. The lowest BCUT2D eigenvalue weighted by Gasteiger charge is -2.07. The number of aromatic nitrogens is 4. The molecule has 1 aliphatic heterocycles. The molecule has 1 unspecified atom stereocenters.